The molecule has 0 aliphatic rings. The molecule has 0 saturated heterocycles. The zero-order valence-corrected chi connectivity index (χ0v) is 15.3. The van der Waals surface area contributed by atoms with Gasteiger partial charge in [-0.15, -0.1) is 11.8 Å². The number of carboxylic acids is 1. The highest BCUT2D eigenvalue weighted by Crippen LogP contribution is 2.22. The number of benzene rings is 1. The lowest BCUT2D eigenvalue weighted by molar-refractivity contribution is -0.150. The molecule has 138 valence electrons. The summed E-state index contributed by atoms with van der Waals surface area (Å²) < 4.78 is 12.9. The summed E-state index contributed by atoms with van der Waals surface area (Å²) >= 11 is 1.40. The lowest BCUT2D eigenvalue weighted by Crippen LogP contribution is -2.48. The van der Waals surface area contributed by atoms with Crippen molar-refractivity contribution in [2.45, 2.75) is 31.7 Å². The third-order valence-electron chi connectivity index (χ3n) is 3.57. The second-order valence-electron chi connectivity index (χ2n) is 5.69. The summed E-state index contributed by atoms with van der Waals surface area (Å²) in [7, 11) is 0. The molecule has 0 aliphatic heterocycles. The quantitative estimate of drug-likeness (QED) is 0.649. The first kappa shape index (κ1) is 21.0. The number of hydrogen-bond acceptors (Lipinski definition) is 4. The molecule has 2 amide bonds. The van der Waals surface area contributed by atoms with E-state index in [4.69, 9.17) is 0 Å². The lowest BCUT2D eigenvalue weighted by atomic mass is 10.1. The second kappa shape index (κ2) is 10.0. The van der Waals surface area contributed by atoms with Crippen molar-refractivity contribution >= 4 is 29.5 Å². The van der Waals surface area contributed by atoms with Gasteiger partial charge in [0.25, 0.3) is 0 Å². The van der Waals surface area contributed by atoms with Crippen molar-refractivity contribution in [1.82, 2.24) is 10.2 Å². The van der Waals surface area contributed by atoms with Crippen molar-refractivity contribution in [3.63, 3.8) is 0 Å². The lowest BCUT2D eigenvalue weighted by Gasteiger charge is -2.29. The minimum atomic E-state index is -1.10. The Labute approximate surface area is 150 Å². The fourth-order valence-electron chi connectivity index (χ4n) is 2.09. The van der Waals surface area contributed by atoms with Gasteiger partial charge in [0.1, 0.15) is 11.9 Å². The summed E-state index contributed by atoms with van der Waals surface area (Å²) in [4.78, 5) is 36.9. The number of nitrogens with one attached hydrogen (secondary N) is 1. The number of carbonyl (C=O) groups excluding carboxylic acids is 2. The van der Waals surface area contributed by atoms with Crippen LogP contribution >= 0.6 is 11.8 Å². The van der Waals surface area contributed by atoms with E-state index >= 15 is 0 Å². The predicted octanol–water partition coefficient (Wildman–Crippen LogP) is 1.99. The molecular weight excluding hydrogens is 347 g/mol. The van der Waals surface area contributed by atoms with Crippen LogP contribution in [0.1, 0.15) is 20.8 Å². The van der Waals surface area contributed by atoms with Gasteiger partial charge in [0, 0.05) is 36.6 Å². The van der Waals surface area contributed by atoms with E-state index in [1.165, 1.54) is 42.6 Å². The number of amides is 2. The Morgan fingerprint density at radius 2 is 1.84 bits per heavy atom. The van der Waals surface area contributed by atoms with E-state index < -0.39 is 17.9 Å². The Hall–Kier alpha value is -2.09. The summed E-state index contributed by atoms with van der Waals surface area (Å²) in [5, 5.41) is 11.8. The van der Waals surface area contributed by atoms with Crippen LogP contribution in [0.3, 0.4) is 0 Å². The van der Waals surface area contributed by atoms with Crippen molar-refractivity contribution in [1.29, 1.82) is 0 Å². The van der Waals surface area contributed by atoms with E-state index in [9.17, 15) is 23.9 Å². The first-order valence-corrected chi connectivity index (χ1v) is 8.87. The average Bonchev–Trinajstić information content (AvgIpc) is 2.56. The molecule has 2 unspecified atom stereocenters. The molecule has 1 aromatic rings. The average molecular weight is 370 g/mol. The van der Waals surface area contributed by atoms with Crippen LogP contribution in [0, 0.1) is 11.7 Å². The summed E-state index contributed by atoms with van der Waals surface area (Å²) in [5.41, 5.74) is 0. The second-order valence-corrected chi connectivity index (χ2v) is 6.79. The summed E-state index contributed by atoms with van der Waals surface area (Å²) in [6, 6.07) is 4.97. The number of carboxylic acid groups (broad SMARTS) is 1. The zero-order chi connectivity index (χ0) is 19.0. The van der Waals surface area contributed by atoms with Gasteiger partial charge in [0.15, 0.2) is 0 Å². The molecular formula is C17H23FN2O4S. The van der Waals surface area contributed by atoms with E-state index in [0.717, 1.165) is 4.90 Å². The van der Waals surface area contributed by atoms with Crippen LogP contribution in [-0.2, 0) is 14.4 Å². The molecule has 0 spiro atoms. The van der Waals surface area contributed by atoms with Gasteiger partial charge in [-0.2, -0.15) is 0 Å². The molecule has 25 heavy (non-hydrogen) atoms. The third kappa shape index (κ3) is 7.13. The molecule has 0 aliphatic carbocycles. The Bertz CT molecular complexity index is 609. The van der Waals surface area contributed by atoms with Crippen molar-refractivity contribution in [3.05, 3.63) is 30.1 Å². The van der Waals surface area contributed by atoms with Gasteiger partial charge < -0.3 is 15.3 Å². The normalized spacial score (nSPS) is 13.0. The molecule has 8 heteroatoms. The van der Waals surface area contributed by atoms with Gasteiger partial charge in [-0.3, -0.25) is 9.59 Å². The van der Waals surface area contributed by atoms with Crippen LogP contribution < -0.4 is 5.32 Å². The summed E-state index contributed by atoms with van der Waals surface area (Å²) in [5.74, 6) is -1.95. The largest absolute Gasteiger partial charge is 0.480 e. The highest BCUT2D eigenvalue weighted by atomic mass is 32.2. The van der Waals surface area contributed by atoms with Crippen molar-refractivity contribution in [2.24, 2.45) is 5.92 Å². The van der Waals surface area contributed by atoms with Gasteiger partial charge in [0.2, 0.25) is 11.8 Å². The number of halogens is 1. The number of thioether (sulfide) groups is 1. The van der Waals surface area contributed by atoms with Crippen LogP contribution in [0.5, 0.6) is 0 Å². The maximum absolute atomic E-state index is 12.9. The van der Waals surface area contributed by atoms with E-state index in [1.807, 2.05) is 0 Å². The summed E-state index contributed by atoms with van der Waals surface area (Å²) in [6.07, 6.45) is 0. The molecule has 2 atom stereocenters. The molecule has 6 nitrogen and oxygen atoms in total. The molecule has 0 bridgehead atoms. The Balaban J connectivity index is 2.68. The zero-order valence-electron chi connectivity index (χ0n) is 14.5. The molecule has 0 radical (unpaired) electrons. The van der Waals surface area contributed by atoms with Gasteiger partial charge in [0.05, 0.1) is 0 Å². The number of carbonyl (C=O) groups is 3. The number of rotatable bonds is 9. The van der Waals surface area contributed by atoms with Gasteiger partial charge in [-0.1, -0.05) is 6.92 Å². The third-order valence-corrected chi connectivity index (χ3v) is 4.84. The van der Waals surface area contributed by atoms with E-state index in [-0.39, 0.29) is 30.7 Å². The van der Waals surface area contributed by atoms with E-state index in [0.29, 0.717) is 5.75 Å². The van der Waals surface area contributed by atoms with Crippen molar-refractivity contribution < 1.29 is 23.9 Å². The molecule has 1 rings (SSSR count). The van der Waals surface area contributed by atoms with Crippen LogP contribution in [0.4, 0.5) is 4.39 Å². The molecule has 0 aromatic heterocycles. The van der Waals surface area contributed by atoms with Gasteiger partial charge in [-0.25, -0.2) is 9.18 Å². The number of hydrogen-bond donors (Lipinski definition) is 2. The van der Waals surface area contributed by atoms with Crippen LogP contribution in [0.2, 0.25) is 0 Å². The topological polar surface area (TPSA) is 86.7 Å². The first-order valence-electron chi connectivity index (χ1n) is 7.88. The minimum Gasteiger partial charge on any atom is -0.480 e. The molecule has 0 fully saturated rings. The Kier molecular flexibility index (Phi) is 8.40. The Morgan fingerprint density at radius 1 is 1.24 bits per heavy atom. The van der Waals surface area contributed by atoms with Crippen LogP contribution in [0.25, 0.3) is 0 Å². The minimum absolute atomic E-state index is 0.122. The van der Waals surface area contributed by atoms with Gasteiger partial charge in [-0.05, 0) is 31.2 Å². The number of aliphatic carboxylic acids is 1. The standard InChI is InChI=1S/C17H23FN2O4S/c1-11(10-25-15-6-4-14(18)5-7-15)16(22)20(12(2)17(23)24)9-8-19-13(3)21/h4-7,11-12H,8-10H2,1-3H3,(H,19,21)(H,23,24). The fourth-order valence-corrected chi connectivity index (χ4v) is 3.00. The van der Waals surface area contributed by atoms with Crippen molar-refractivity contribution in [3.8, 4) is 0 Å². The molecule has 0 saturated carbocycles. The van der Waals surface area contributed by atoms with Crippen molar-refractivity contribution in [2.75, 3.05) is 18.8 Å². The molecule has 1 aromatic carbocycles. The van der Waals surface area contributed by atoms with Crippen LogP contribution in [-0.4, -0.2) is 52.7 Å². The molecule has 2 N–H and O–H groups in total. The maximum Gasteiger partial charge on any atom is 0.326 e. The SMILES string of the molecule is CC(=O)NCCN(C(=O)C(C)CSc1ccc(F)cc1)C(C)C(=O)O. The van der Waals surface area contributed by atoms with E-state index in [1.54, 1.807) is 19.1 Å². The highest BCUT2D eigenvalue weighted by Gasteiger charge is 2.28. The maximum atomic E-state index is 12.9. The Morgan fingerprint density at radius 3 is 2.36 bits per heavy atom. The first-order chi connectivity index (χ1) is 11.7. The van der Waals surface area contributed by atoms with E-state index in [2.05, 4.69) is 5.32 Å². The van der Waals surface area contributed by atoms with Crippen LogP contribution in [0.15, 0.2) is 29.2 Å². The smallest absolute Gasteiger partial charge is 0.326 e. The predicted molar refractivity (Wildman–Crippen MR) is 93.8 cm³/mol. The van der Waals surface area contributed by atoms with Gasteiger partial charge >= 0.3 is 5.97 Å². The number of nitrogens with zero attached hydrogens (tertiary/aromatic N) is 1. The summed E-state index contributed by atoms with van der Waals surface area (Å²) in [6.45, 7) is 4.83. The monoisotopic (exact) mass is 370 g/mol. The molecule has 0 heterocycles. The highest BCUT2D eigenvalue weighted by molar-refractivity contribution is 7.99. The fraction of sp³-hybridized carbons (Fsp3) is 0.471.